The highest BCUT2D eigenvalue weighted by atomic mass is 16.7. The molecule has 0 rings (SSSR count). The Labute approximate surface area is 238 Å². The summed E-state index contributed by atoms with van der Waals surface area (Å²) in [4.78, 5) is 41.3. The van der Waals surface area contributed by atoms with Crippen LogP contribution >= 0.6 is 0 Å². The first-order valence-corrected chi connectivity index (χ1v) is 16.0. The van der Waals surface area contributed by atoms with E-state index in [1.165, 1.54) is 95.0 Å². The first-order chi connectivity index (χ1) is 19.0. The van der Waals surface area contributed by atoms with Crippen molar-refractivity contribution in [1.29, 1.82) is 0 Å². The van der Waals surface area contributed by atoms with Crippen LogP contribution in [0.5, 0.6) is 0 Å². The lowest BCUT2D eigenvalue weighted by Crippen LogP contribution is -2.51. The molecule has 0 saturated carbocycles. The fourth-order valence-electron chi connectivity index (χ4n) is 4.72. The normalized spacial score (nSPS) is 12.0. The molecule has 0 aliphatic rings. The van der Waals surface area contributed by atoms with E-state index in [-0.39, 0.29) is 6.42 Å². The lowest BCUT2D eigenvalue weighted by Gasteiger charge is -2.27. The van der Waals surface area contributed by atoms with Gasteiger partial charge in [0.1, 0.15) is 12.6 Å². The van der Waals surface area contributed by atoms with Crippen molar-refractivity contribution in [3.8, 4) is 0 Å². The Hall–Kier alpha value is -1.67. The number of carbonyl (C=O) groups excluding carboxylic acids is 2. The van der Waals surface area contributed by atoms with Crippen LogP contribution in [-0.4, -0.2) is 58.9 Å². The Morgan fingerprint density at radius 2 is 1.08 bits per heavy atom. The molecule has 0 saturated heterocycles. The highest BCUT2D eigenvalue weighted by molar-refractivity contribution is 5.85. The van der Waals surface area contributed by atoms with E-state index in [1.807, 2.05) is 0 Å². The molecule has 1 atom stereocenters. The third-order valence-corrected chi connectivity index (χ3v) is 7.17. The molecule has 0 aliphatic heterocycles. The molecule has 0 spiro atoms. The van der Waals surface area contributed by atoms with Gasteiger partial charge in [0, 0.05) is 13.0 Å². The predicted octanol–water partition coefficient (Wildman–Crippen LogP) is 6.93. The number of carboxylic acids is 1. The van der Waals surface area contributed by atoms with Gasteiger partial charge in [0.2, 0.25) is 5.91 Å². The molecule has 0 aromatic rings. The molecule has 0 aromatic carbocycles. The molecule has 1 amide bonds. The number of aliphatic hydroxyl groups is 1. The summed E-state index contributed by atoms with van der Waals surface area (Å²) < 4.78 is 0. The van der Waals surface area contributed by atoms with Crippen LogP contribution in [0.2, 0.25) is 0 Å². The fourth-order valence-corrected chi connectivity index (χ4v) is 4.72. The van der Waals surface area contributed by atoms with Gasteiger partial charge in [-0.1, -0.05) is 136 Å². The summed E-state index contributed by atoms with van der Waals surface area (Å²) in [5, 5.41) is 22.2. The molecule has 230 valence electrons. The number of aliphatic carboxylic acids is 1. The Balaban J connectivity index is 4.31. The number of hydrogen-bond acceptors (Lipinski definition) is 6. The molecule has 3 N–H and O–H groups in total. The minimum absolute atomic E-state index is 0.264. The summed E-state index contributed by atoms with van der Waals surface area (Å²) in [6.07, 6.45) is 25.0. The maximum absolute atomic E-state index is 12.5. The van der Waals surface area contributed by atoms with Gasteiger partial charge in [-0.2, -0.15) is 0 Å². The monoisotopic (exact) mass is 556 g/mol. The van der Waals surface area contributed by atoms with Crippen molar-refractivity contribution in [3.63, 3.8) is 0 Å². The van der Waals surface area contributed by atoms with E-state index < -0.39 is 37.0 Å². The van der Waals surface area contributed by atoms with Gasteiger partial charge in [-0.15, -0.1) is 5.06 Å². The van der Waals surface area contributed by atoms with Gasteiger partial charge in [0.15, 0.2) is 0 Å². The minimum Gasteiger partial charge on any atom is -0.480 e. The van der Waals surface area contributed by atoms with E-state index >= 15 is 0 Å². The van der Waals surface area contributed by atoms with Crippen LogP contribution in [0.25, 0.3) is 0 Å². The second-order valence-corrected chi connectivity index (χ2v) is 10.9. The number of hydrogen-bond donors (Lipinski definition) is 3. The molecular formula is C31H60N2O6. The number of unbranched alkanes of at least 4 members (excludes halogenated alkanes) is 19. The summed E-state index contributed by atoms with van der Waals surface area (Å²) >= 11 is 0. The zero-order chi connectivity index (χ0) is 29.0. The van der Waals surface area contributed by atoms with Crippen molar-refractivity contribution in [1.82, 2.24) is 10.4 Å². The summed E-state index contributed by atoms with van der Waals surface area (Å²) in [6.45, 7) is 3.66. The van der Waals surface area contributed by atoms with Gasteiger partial charge in [0.05, 0.1) is 6.61 Å². The van der Waals surface area contributed by atoms with Gasteiger partial charge < -0.3 is 20.4 Å². The quantitative estimate of drug-likeness (QED) is 0.0675. The molecule has 0 fully saturated rings. The van der Waals surface area contributed by atoms with Crippen LogP contribution < -0.4 is 5.32 Å². The first-order valence-electron chi connectivity index (χ1n) is 16.0. The van der Waals surface area contributed by atoms with Crippen molar-refractivity contribution >= 4 is 17.8 Å². The number of aliphatic hydroxyl groups excluding tert-OH is 1. The van der Waals surface area contributed by atoms with Crippen LogP contribution in [0.3, 0.4) is 0 Å². The molecule has 8 heteroatoms. The number of amides is 1. The third kappa shape index (κ3) is 23.9. The lowest BCUT2D eigenvalue weighted by atomic mass is 10.0. The van der Waals surface area contributed by atoms with Crippen molar-refractivity contribution in [3.05, 3.63) is 0 Å². The summed E-state index contributed by atoms with van der Waals surface area (Å²) in [6, 6.07) is -1.12. The molecule has 39 heavy (non-hydrogen) atoms. The Morgan fingerprint density at radius 1 is 0.667 bits per heavy atom. The minimum atomic E-state index is -1.17. The predicted molar refractivity (Wildman–Crippen MR) is 157 cm³/mol. The highest BCUT2D eigenvalue weighted by Crippen LogP contribution is 2.14. The Bertz CT molecular complexity index is 602. The van der Waals surface area contributed by atoms with E-state index in [0.717, 1.165) is 44.9 Å². The number of carboxylic acid groups (broad SMARTS) is 1. The van der Waals surface area contributed by atoms with Gasteiger partial charge in [0.25, 0.3) is 0 Å². The van der Waals surface area contributed by atoms with Crippen LogP contribution in [0.15, 0.2) is 0 Å². The average Bonchev–Trinajstić information content (AvgIpc) is 2.91. The molecule has 0 unspecified atom stereocenters. The molecule has 0 heterocycles. The van der Waals surface area contributed by atoms with E-state index in [4.69, 9.17) is 9.94 Å². The number of rotatable bonds is 29. The average molecular weight is 557 g/mol. The van der Waals surface area contributed by atoms with E-state index in [1.54, 1.807) is 0 Å². The highest BCUT2D eigenvalue weighted by Gasteiger charge is 2.28. The van der Waals surface area contributed by atoms with E-state index in [9.17, 15) is 19.5 Å². The molecule has 0 bridgehead atoms. The van der Waals surface area contributed by atoms with Crippen molar-refractivity contribution in [2.45, 2.75) is 161 Å². The van der Waals surface area contributed by atoms with Gasteiger partial charge >= 0.3 is 11.9 Å². The van der Waals surface area contributed by atoms with Crippen LogP contribution in [-0.2, 0) is 19.2 Å². The van der Waals surface area contributed by atoms with E-state index in [2.05, 4.69) is 19.2 Å². The summed E-state index contributed by atoms with van der Waals surface area (Å²) in [5.41, 5.74) is 0. The second-order valence-electron chi connectivity index (χ2n) is 10.9. The maximum atomic E-state index is 12.5. The maximum Gasteiger partial charge on any atom is 0.325 e. The zero-order valence-electron chi connectivity index (χ0n) is 25.2. The SMILES string of the molecule is CCCCCCCCCCCCCCCC(=O)ON(CCCCCCCCCC)[C@H](CO)C(=O)NCC(=O)O. The van der Waals surface area contributed by atoms with Gasteiger partial charge in [-0.05, 0) is 12.8 Å². The third-order valence-electron chi connectivity index (χ3n) is 7.17. The van der Waals surface area contributed by atoms with E-state index in [0.29, 0.717) is 6.54 Å². The van der Waals surface area contributed by atoms with Crippen LogP contribution in [0.1, 0.15) is 155 Å². The second kappa shape index (κ2) is 27.9. The zero-order valence-corrected chi connectivity index (χ0v) is 25.2. The number of carbonyl (C=O) groups is 3. The largest absolute Gasteiger partial charge is 0.480 e. The Morgan fingerprint density at radius 3 is 1.49 bits per heavy atom. The summed E-state index contributed by atoms with van der Waals surface area (Å²) in [7, 11) is 0. The molecule has 0 aliphatic carbocycles. The van der Waals surface area contributed by atoms with Crippen molar-refractivity contribution in [2.75, 3.05) is 19.7 Å². The topological polar surface area (TPSA) is 116 Å². The van der Waals surface area contributed by atoms with Crippen molar-refractivity contribution in [2.24, 2.45) is 0 Å². The smallest absolute Gasteiger partial charge is 0.325 e. The number of hydroxylamine groups is 2. The Kier molecular flexibility index (Phi) is 26.7. The molecular weight excluding hydrogens is 496 g/mol. The number of nitrogens with one attached hydrogen (secondary N) is 1. The lowest BCUT2D eigenvalue weighted by molar-refractivity contribution is -0.206. The molecule has 0 radical (unpaired) electrons. The summed E-state index contributed by atoms with van der Waals surface area (Å²) in [5.74, 6) is -2.25. The fraction of sp³-hybridized carbons (Fsp3) is 0.903. The van der Waals surface area contributed by atoms with Crippen LogP contribution in [0, 0.1) is 0 Å². The molecule has 8 nitrogen and oxygen atoms in total. The van der Waals surface area contributed by atoms with Crippen LogP contribution in [0.4, 0.5) is 0 Å². The number of nitrogens with zero attached hydrogens (tertiary/aromatic N) is 1. The van der Waals surface area contributed by atoms with Gasteiger partial charge in [-0.3, -0.25) is 14.4 Å². The van der Waals surface area contributed by atoms with Gasteiger partial charge in [-0.25, -0.2) is 0 Å². The van der Waals surface area contributed by atoms with Crippen molar-refractivity contribution < 1.29 is 29.4 Å². The molecule has 0 aromatic heterocycles. The first kappa shape index (κ1) is 37.3. The standard InChI is InChI=1S/C31H60N2O6/c1-3-5-7-9-11-13-14-15-16-17-18-20-22-24-30(37)39-33(25-23-21-19-12-10-8-6-4-2)28(27-34)31(38)32-26-29(35)36/h28,34H,3-27H2,1-2H3,(H,32,38)(H,35,36)/t28-/m1/s1.